The molecule has 0 radical (unpaired) electrons. The molecule has 1 aliphatic rings. The molecule has 19 heavy (non-hydrogen) atoms. The second kappa shape index (κ2) is 5.33. The van der Waals surface area contributed by atoms with Gasteiger partial charge >= 0.3 is 0 Å². The number of nitriles is 1. The first-order valence-electron chi connectivity index (χ1n) is 6.37. The van der Waals surface area contributed by atoms with Crippen LogP contribution in [0, 0.1) is 11.3 Å². The summed E-state index contributed by atoms with van der Waals surface area (Å²) >= 11 is 1.67. The number of pyridine rings is 1. The maximum absolute atomic E-state index is 9.33. The van der Waals surface area contributed by atoms with E-state index in [2.05, 4.69) is 16.0 Å². The first kappa shape index (κ1) is 12.1. The van der Waals surface area contributed by atoms with Crippen LogP contribution in [0.5, 0.6) is 0 Å². The lowest BCUT2D eigenvalue weighted by Gasteiger charge is -2.09. The van der Waals surface area contributed by atoms with Crippen LogP contribution in [0.2, 0.25) is 0 Å². The minimum atomic E-state index is 0.782. The smallest absolute Gasteiger partial charge is 0.134 e. The minimum absolute atomic E-state index is 0.782. The van der Waals surface area contributed by atoms with Crippen molar-refractivity contribution in [3.63, 3.8) is 0 Å². The van der Waals surface area contributed by atoms with Gasteiger partial charge in [0.1, 0.15) is 11.1 Å². The van der Waals surface area contributed by atoms with Crippen molar-refractivity contribution < 1.29 is 0 Å². The molecule has 0 atom stereocenters. The van der Waals surface area contributed by atoms with Crippen molar-refractivity contribution in [2.75, 3.05) is 0 Å². The van der Waals surface area contributed by atoms with E-state index < -0.39 is 0 Å². The predicted octanol–water partition coefficient (Wildman–Crippen LogP) is 3.64. The van der Waals surface area contributed by atoms with E-state index in [-0.39, 0.29) is 0 Å². The summed E-state index contributed by atoms with van der Waals surface area (Å²) in [6, 6.07) is 6.14. The van der Waals surface area contributed by atoms with Crippen LogP contribution in [-0.2, 0) is 12.8 Å². The van der Waals surface area contributed by atoms with Gasteiger partial charge in [0.25, 0.3) is 0 Å². The molecule has 0 bridgehead atoms. The lowest BCUT2D eigenvalue weighted by atomic mass is 9.96. The number of rotatable bonds is 2. The van der Waals surface area contributed by atoms with Crippen LogP contribution >= 0.6 is 11.3 Å². The highest BCUT2D eigenvalue weighted by molar-refractivity contribution is 7.16. The Hall–Kier alpha value is -1.99. The number of nitrogens with zero attached hydrogens (tertiary/aromatic N) is 3. The predicted molar refractivity (Wildman–Crippen MR) is 77.2 cm³/mol. The van der Waals surface area contributed by atoms with Crippen LogP contribution in [-0.4, -0.2) is 11.2 Å². The molecule has 2 heterocycles. The first-order valence-corrected chi connectivity index (χ1v) is 7.19. The van der Waals surface area contributed by atoms with E-state index in [4.69, 9.17) is 0 Å². The Bertz CT molecular complexity index is 650. The highest BCUT2D eigenvalue weighted by atomic mass is 32.1. The van der Waals surface area contributed by atoms with Crippen molar-refractivity contribution in [3.05, 3.63) is 46.1 Å². The number of aryl methyl sites for hydroxylation is 1. The van der Waals surface area contributed by atoms with E-state index in [1.54, 1.807) is 29.9 Å². The quantitative estimate of drug-likeness (QED) is 0.780. The number of aromatic nitrogens is 1. The number of hydrogen-bond donors (Lipinski definition) is 0. The lowest BCUT2D eigenvalue weighted by molar-refractivity contribution is 0.696. The van der Waals surface area contributed by atoms with E-state index in [1.807, 2.05) is 12.1 Å². The summed E-state index contributed by atoms with van der Waals surface area (Å²) in [5.41, 5.74) is 3.02. The van der Waals surface area contributed by atoms with E-state index in [0.29, 0.717) is 0 Å². The molecule has 1 aliphatic carbocycles. The molecular formula is C15H13N3S. The van der Waals surface area contributed by atoms with Crippen molar-refractivity contribution in [3.8, 4) is 6.07 Å². The van der Waals surface area contributed by atoms with Gasteiger partial charge in [0.15, 0.2) is 0 Å². The van der Waals surface area contributed by atoms with E-state index in [9.17, 15) is 5.26 Å². The largest absolute Gasteiger partial charge is 0.265 e. The maximum Gasteiger partial charge on any atom is 0.134 e. The fourth-order valence-corrected chi connectivity index (χ4v) is 3.52. The summed E-state index contributed by atoms with van der Waals surface area (Å²) in [7, 11) is 0. The standard InChI is InChI=1S/C15H13N3S/c16-9-13-12-3-1-2-4-14(12)19-15(13)18-10-11-5-7-17-8-6-11/h5-8,10H,1-4H2/b18-10+. The van der Waals surface area contributed by atoms with E-state index >= 15 is 0 Å². The SMILES string of the molecule is N#Cc1c(/N=C/c2ccncc2)sc2c1CCCC2. The Labute approximate surface area is 116 Å². The average molecular weight is 267 g/mol. The van der Waals surface area contributed by atoms with Crippen molar-refractivity contribution in [2.24, 2.45) is 4.99 Å². The molecule has 0 amide bonds. The fourth-order valence-electron chi connectivity index (χ4n) is 2.34. The molecule has 3 rings (SSSR count). The van der Waals surface area contributed by atoms with Crippen molar-refractivity contribution in [1.82, 2.24) is 4.98 Å². The third kappa shape index (κ3) is 2.42. The third-order valence-electron chi connectivity index (χ3n) is 3.30. The van der Waals surface area contributed by atoms with Crippen LogP contribution in [0.1, 0.15) is 34.4 Å². The van der Waals surface area contributed by atoms with E-state index in [1.165, 1.54) is 23.3 Å². The molecule has 0 unspecified atom stereocenters. The first-order chi connectivity index (χ1) is 9.38. The van der Waals surface area contributed by atoms with Crippen molar-refractivity contribution in [2.45, 2.75) is 25.7 Å². The van der Waals surface area contributed by atoms with Gasteiger partial charge in [0, 0.05) is 23.5 Å². The summed E-state index contributed by atoms with van der Waals surface area (Å²) in [4.78, 5) is 9.82. The lowest BCUT2D eigenvalue weighted by Crippen LogP contribution is -1.99. The highest BCUT2D eigenvalue weighted by Crippen LogP contribution is 2.39. The Morgan fingerprint density at radius 2 is 2.05 bits per heavy atom. The van der Waals surface area contributed by atoms with Gasteiger partial charge in [-0.05, 0) is 48.9 Å². The molecule has 4 heteroatoms. The Morgan fingerprint density at radius 3 is 2.84 bits per heavy atom. The van der Waals surface area contributed by atoms with Gasteiger partial charge in [-0.1, -0.05) is 0 Å². The normalized spacial score (nSPS) is 14.3. The summed E-state index contributed by atoms with van der Waals surface area (Å²) in [5.74, 6) is 0. The molecule has 2 aromatic heterocycles. The Morgan fingerprint density at radius 1 is 1.26 bits per heavy atom. The van der Waals surface area contributed by atoms with Gasteiger partial charge in [-0.2, -0.15) is 5.26 Å². The second-order valence-corrected chi connectivity index (χ2v) is 5.63. The minimum Gasteiger partial charge on any atom is -0.265 e. The summed E-state index contributed by atoms with van der Waals surface area (Å²) < 4.78 is 0. The van der Waals surface area contributed by atoms with Crippen LogP contribution in [0.4, 0.5) is 5.00 Å². The molecule has 0 saturated heterocycles. The van der Waals surface area contributed by atoms with E-state index in [0.717, 1.165) is 29.0 Å². The molecule has 0 saturated carbocycles. The molecule has 0 aromatic carbocycles. The molecule has 94 valence electrons. The zero-order valence-electron chi connectivity index (χ0n) is 10.5. The van der Waals surface area contributed by atoms with Crippen molar-refractivity contribution in [1.29, 1.82) is 5.26 Å². The van der Waals surface area contributed by atoms with Gasteiger partial charge in [-0.15, -0.1) is 11.3 Å². The van der Waals surface area contributed by atoms with Gasteiger partial charge in [-0.3, -0.25) is 4.98 Å². The van der Waals surface area contributed by atoms with Gasteiger partial charge in [-0.25, -0.2) is 4.99 Å². The molecule has 2 aromatic rings. The zero-order valence-corrected chi connectivity index (χ0v) is 11.3. The number of fused-ring (bicyclic) bond motifs is 1. The van der Waals surface area contributed by atoms with Gasteiger partial charge in [0.05, 0.1) is 5.56 Å². The van der Waals surface area contributed by atoms with Crippen molar-refractivity contribution >= 4 is 22.6 Å². The number of thiophene rings is 1. The Kier molecular flexibility index (Phi) is 3.39. The average Bonchev–Trinajstić information content (AvgIpc) is 2.83. The summed E-state index contributed by atoms with van der Waals surface area (Å²) in [6.45, 7) is 0. The molecule has 0 aliphatic heterocycles. The summed E-state index contributed by atoms with van der Waals surface area (Å²) in [5, 5.41) is 10.2. The van der Waals surface area contributed by atoms with Gasteiger partial charge in [0.2, 0.25) is 0 Å². The fraction of sp³-hybridized carbons (Fsp3) is 0.267. The van der Waals surface area contributed by atoms with Crippen LogP contribution in [0.25, 0.3) is 0 Å². The van der Waals surface area contributed by atoms with Gasteiger partial charge < -0.3 is 0 Å². The third-order valence-corrected chi connectivity index (χ3v) is 4.50. The Balaban J connectivity index is 1.95. The number of hydrogen-bond acceptors (Lipinski definition) is 4. The maximum atomic E-state index is 9.33. The molecular weight excluding hydrogens is 254 g/mol. The zero-order chi connectivity index (χ0) is 13.1. The molecule has 0 N–H and O–H groups in total. The molecule has 3 nitrogen and oxygen atoms in total. The second-order valence-electron chi connectivity index (χ2n) is 4.54. The molecule has 0 fully saturated rings. The molecule has 0 spiro atoms. The van der Waals surface area contributed by atoms with Crippen LogP contribution in [0.3, 0.4) is 0 Å². The van der Waals surface area contributed by atoms with Crippen LogP contribution in [0.15, 0.2) is 29.5 Å². The number of aliphatic imine (C=N–C) groups is 1. The highest BCUT2D eigenvalue weighted by Gasteiger charge is 2.19. The van der Waals surface area contributed by atoms with Crippen LogP contribution < -0.4 is 0 Å². The topological polar surface area (TPSA) is 49.0 Å². The monoisotopic (exact) mass is 267 g/mol. The summed E-state index contributed by atoms with van der Waals surface area (Å²) in [6.07, 6.45) is 9.83.